The van der Waals surface area contributed by atoms with Gasteiger partial charge in [-0.25, -0.2) is 4.79 Å². The highest BCUT2D eigenvalue weighted by atomic mass is 79.9. The first kappa shape index (κ1) is 14.4. The number of ether oxygens (including phenoxy) is 1. The normalized spacial score (nSPS) is 10.3. The van der Waals surface area contributed by atoms with E-state index in [1.54, 1.807) is 23.5 Å². The van der Waals surface area contributed by atoms with Crippen molar-refractivity contribution >= 4 is 50.5 Å². The average Bonchev–Trinajstić information content (AvgIpc) is 2.83. The summed E-state index contributed by atoms with van der Waals surface area (Å²) in [5, 5.41) is 3.63. The lowest BCUT2D eigenvalue weighted by Gasteiger charge is -2.08. The highest BCUT2D eigenvalue weighted by molar-refractivity contribution is 9.11. The van der Waals surface area contributed by atoms with Crippen LogP contribution in [-0.4, -0.2) is 13.1 Å². The molecule has 0 bridgehead atoms. The van der Waals surface area contributed by atoms with Crippen LogP contribution >= 0.6 is 38.9 Å². The Labute approximate surface area is 128 Å². The highest BCUT2D eigenvalue weighted by Crippen LogP contribution is 2.25. The van der Waals surface area contributed by atoms with Crippen LogP contribution in [0, 0.1) is 0 Å². The first-order valence-electron chi connectivity index (χ1n) is 5.46. The first-order chi connectivity index (χ1) is 9.10. The maximum absolute atomic E-state index is 11.5. The molecule has 2 aromatic rings. The molecule has 0 spiro atoms. The lowest BCUT2D eigenvalue weighted by Crippen LogP contribution is -2.04. The van der Waals surface area contributed by atoms with Gasteiger partial charge in [0.15, 0.2) is 0 Å². The summed E-state index contributed by atoms with van der Waals surface area (Å²) in [5.74, 6) is -0.437. The Kier molecular flexibility index (Phi) is 4.85. The van der Waals surface area contributed by atoms with Crippen molar-refractivity contribution in [2.24, 2.45) is 0 Å². The molecule has 0 aliphatic rings. The second-order valence-corrected chi connectivity index (χ2v) is 6.70. The van der Waals surface area contributed by atoms with Crippen molar-refractivity contribution in [3.05, 3.63) is 49.6 Å². The van der Waals surface area contributed by atoms with E-state index in [9.17, 15) is 4.79 Å². The van der Waals surface area contributed by atoms with Gasteiger partial charge in [-0.2, -0.15) is 0 Å². The van der Waals surface area contributed by atoms with Crippen molar-refractivity contribution in [3.63, 3.8) is 0 Å². The number of nitrogens with one attached hydrogen (secondary N) is 1. The predicted octanol–water partition coefficient (Wildman–Crippen LogP) is 4.56. The van der Waals surface area contributed by atoms with Crippen molar-refractivity contribution in [1.82, 2.24) is 0 Å². The number of anilines is 1. The van der Waals surface area contributed by atoms with Crippen LogP contribution in [0.25, 0.3) is 0 Å². The number of benzene rings is 1. The minimum Gasteiger partial charge on any atom is -0.465 e. The van der Waals surface area contributed by atoms with E-state index in [0.29, 0.717) is 17.1 Å². The molecule has 0 atom stereocenters. The molecule has 1 aromatic carbocycles. The molecule has 0 aliphatic carbocycles. The van der Waals surface area contributed by atoms with Crippen LogP contribution in [0.1, 0.15) is 15.2 Å². The summed E-state index contributed by atoms with van der Waals surface area (Å²) < 4.78 is 5.78. The van der Waals surface area contributed by atoms with Crippen molar-refractivity contribution in [2.45, 2.75) is 6.54 Å². The molecule has 0 saturated carbocycles. The van der Waals surface area contributed by atoms with E-state index in [0.717, 1.165) is 9.47 Å². The van der Waals surface area contributed by atoms with Gasteiger partial charge in [-0.05, 0) is 46.3 Å². The average molecular weight is 361 g/mol. The zero-order valence-electron chi connectivity index (χ0n) is 10.1. The molecule has 100 valence electrons. The van der Waals surface area contributed by atoms with E-state index in [1.165, 1.54) is 12.0 Å². The quantitative estimate of drug-likeness (QED) is 0.812. The van der Waals surface area contributed by atoms with Gasteiger partial charge in [-0.1, -0.05) is 11.6 Å². The van der Waals surface area contributed by atoms with Crippen LogP contribution in [0.5, 0.6) is 0 Å². The topological polar surface area (TPSA) is 38.3 Å². The van der Waals surface area contributed by atoms with Crippen LogP contribution in [-0.2, 0) is 11.3 Å². The third-order valence-corrected chi connectivity index (χ3v) is 4.42. The van der Waals surface area contributed by atoms with Crippen molar-refractivity contribution < 1.29 is 9.53 Å². The summed E-state index contributed by atoms with van der Waals surface area (Å²) in [6.45, 7) is 0.693. The van der Waals surface area contributed by atoms with E-state index in [-0.39, 0.29) is 0 Å². The van der Waals surface area contributed by atoms with Crippen molar-refractivity contribution in [3.8, 4) is 0 Å². The van der Waals surface area contributed by atoms with Gasteiger partial charge < -0.3 is 10.1 Å². The molecule has 0 fully saturated rings. The Morgan fingerprint density at radius 1 is 1.42 bits per heavy atom. The highest BCUT2D eigenvalue weighted by Gasteiger charge is 2.11. The number of methoxy groups -OCH3 is 1. The molecule has 3 nitrogen and oxygen atoms in total. The minimum atomic E-state index is -0.437. The molecule has 6 heteroatoms. The number of thiophene rings is 1. The zero-order chi connectivity index (χ0) is 13.8. The summed E-state index contributed by atoms with van der Waals surface area (Å²) >= 11 is 11.0. The summed E-state index contributed by atoms with van der Waals surface area (Å²) in [4.78, 5) is 12.7. The molecule has 0 radical (unpaired) electrons. The Balaban J connectivity index is 2.10. The van der Waals surface area contributed by atoms with Gasteiger partial charge in [-0.3, -0.25) is 0 Å². The molecular formula is C13H11BrClNO2S. The molecule has 2 rings (SSSR count). The SMILES string of the molecule is COC(=O)c1cc(NCc2ccc(Br)s2)ccc1Cl. The van der Waals surface area contributed by atoms with Gasteiger partial charge in [0.05, 0.1) is 21.5 Å². The Morgan fingerprint density at radius 3 is 2.84 bits per heavy atom. The minimum absolute atomic E-state index is 0.363. The molecule has 0 unspecified atom stereocenters. The van der Waals surface area contributed by atoms with Crippen LogP contribution in [0.4, 0.5) is 5.69 Å². The Hall–Kier alpha value is -1.04. The largest absolute Gasteiger partial charge is 0.465 e. The number of hydrogen-bond acceptors (Lipinski definition) is 4. The zero-order valence-corrected chi connectivity index (χ0v) is 13.2. The Bertz CT molecular complexity index is 600. The van der Waals surface area contributed by atoms with Crippen LogP contribution in [0.15, 0.2) is 34.1 Å². The van der Waals surface area contributed by atoms with Crippen LogP contribution in [0.2, 0.25) is 5.02 Å². The number of esters is 1. The number of carbonyl (C=O) groups excluding carboxylic acids is 1. The number of hydrogen-bond donors (Lipinski definition) is 1. The van der Waals surface area contributed by atoms with E-state index in [4.69, 9.17) is 11.6 Å². The second-order valence-electron chi connectivity index (χ2n) is 3.75. The fraction of sp³-hybridized carbons (Fsp3) is 0.154. The predicted molar refractivity (Wildman–Crippen MR) is 82.1 cm³/mol. The van der Waals surface area contributed by atoms with E-state index < -0.39 is 5.97 Å². The standard InChI is InChI=1S/C13H11BrClNO2S/c1-18-13(17)10-6-8(2-4-11(10)15)16-7-9-3-5-12(14)19-9/h2-6,16H,7H2,1H3. The Morgan fingerprint density at radius 2 is 2.21 bits per heavy atom. The van der Waals surface area contributed by atoms with E-state index in [2.05, 4.69) is 26.0 Å². The van der Waals surface area contributed by atoms with Crippen LogP contribution in [0.3, 0.4) is 0 Å². The summed E-state index contributed by atoms with van der Waals surface area (Å²) in [5.41, 5.74) is 1.19. The molecular weight excluding hydrogens is 350 g/mol. The maximum atomic E-state index is 11.5. The maximum Gasteiger partial charge on any atom is 0.339 e. The van der Waals surface area contributed by atoms with Gasteiger partial charge in [-0.15, -0.1) is 11.3 Å². The van der Waals surface area contributed by atoms with E-state index >= 15 is 0 Å². The van der Waals surface area contributed by atoms with Gasteiger partial charge in [0.25, 0.3) is 0 Å². The molecule has 0 amide bonds. The fourth-order valence-corrected chi connectivity index (χ4v) is 3.16. The smallest absolute Gasteiger partial charge is 0.339 e. The number of halogens is 2. The number of carbonyl (C=O) groups is 1. The third-order valence-electron chi connectivity index (χ3n) is 2.47. The monoisotopic (exact) mass is 359 g/mol. The van der Waals surface area contributed by atoms with E-state index in [1.807, 2.05) is 18.2 Å². The molecule has 1 aromatic heterocycles. The lowest BCUT2D eigenvalue weighted by atomic mass is 10.2. The molecule has 19 heavy (non-hydrogen) atoms. The molecule has 0 aliphatic heterocycles. The summed E-state index contributed by atoms with van der Waals surface area (Å²) in [6.07, 6.45) is 0. The van der Waals surface area contributed by atoms with Gasteiger partial charge in [0, 0.05) is 17.1 Å². The second kappa shape index (κ2) is 6.41. The van der Waals surface area contributed by atoms with Crippen molar-refractivity contribution in [2.75, 3.05) is 12.4 Å². The summed E-state index contributed by atoms with van der Waals surface area (Å²) in [7, 11) is 1.34. The molecule has 1 N–H and O–H groups in total. The number of rotatable bonds is 4. The van der Waals surface area contributed by atoms with Gasteiger partial charge in [0.2, 0.25) is 0 Å². The first-order valence-corrected chi connectivity index (χ1v) is 7.45. The lowest BCUT2D eigenvalue weighted by molar-refractivity contribution is 0.0601. The third kappa shape index (κ3) is 3.72. The fourth-order valence-electron chi connectivity index (χ4n) is 1.54. The van der Waals surface area contributed by atoms with Crippen LogP contribution < -0.4 is 5.32 Å². The van der Waals surface area contributed by atoms with Gasteiger partial charge >= 0.3 is 5.97 Å². The van der Waals surface area contributed by atoms with Crippen molar-refractivity contribution in [1.29, 1.82) is 0 Å². The van der Waals surface area contributed by atoms with Gasteiger partial charge in [0.1, 0.15) is 0 Å². The molecule has 1 heterocycles. The summed E-state index contributed by atoms with van der Waals surface area (Å²) in [6, 6.07) is 9.25. The molecule has 0 saturated heterocycles.